The molecule has 0 fully saturated rings. The summed E-state index contributed by atoms with van der Waals surface area (Å²) in [5.74, 6) is 1.36. The molecule has 6 heteroatoms. The van der Waals surface area contributed by atoms with Crippen LogP contribution in [0.3, 0.4) is 0 Å². The number of nitrogens with one attached hydrogen (secondary N) is 1. The first-order valence-corrected chi connectivity index (χ1v) is 9.08. The van der Waals surface area contributed by atoms with Gasteiger partial charge in [-0.25, -0.2) is 4.98 Å². The maximum atomic E-state index is 12.7. The van der Waals surface area contributed by atoms with Gasteiger partial charge in [-0.05, 0) is 49.4 Å². The number of hydrogen-bond acceptors (Lipinski definition) is 5. The number of anilines is 1. The lowest BCUT2D eigenvalue weighted by Crippen LogP contribution is -2.12. The molecule has 146 valence electrons. The smallest absolute Gasteiger partial charge is 0.255 e. The molecule has 0 unspecified atom stereocenters. The summed E-state index contributed by atoms with van der Waals surface area (Å²) in [4.78, 5) is 17.2. The number of aryl methyl sites for hydroxylation is 1. The Balaban J connectivity index is 1.61. The highest BCUT2D eigenvalue weighted by molar-refractivity contribution is 6.05. The zero-order valence-electron chi connectivity index (χ0n) is 16.4. The number of oxazole rings is 1. The van der Waals surface area contributed by atoms with Gasteiger partial charge in [-0.15, -0.1) is 0 Å². The molecule has 1 heterocycles. The Morgan fingerprint density at radius 3 is 2.41 bits per heavy atom. The third-order valence-electron chi connectivity index (χ3n) is 4.52. The second-order valence-electron chi connectivity index (χ2n) is 6.63. The van der Waals surface area contributed by atoms with Crippen molar-refractivity contribution in [1.29, 1.82) is 0 Å². The number of amides is 1. The molecule has 0 atom stereocenters. The lowest BCUT2D eigenvalue weighted by atomic mass is 10.1. The number of carbonyl (C=O) groups excluding carboxylic acids is 1. The molecule has 0 aliphatic heterocycles. The van der Waals surface area contributed by atoms with Crippen molar-refractivity contribution in [2.24, 2.45) is 0 Å². The molecular formula is C23H20N2O4. The monoisotopic (exact) mass is 388 g/mol. The average Bonchev–Trinajstić information content (AvgIpc) is 3.16. The van der Waals surface area contributed by atoms with Crippen LogP contribution in [0.4, 0.5) is 5.69 Å². The largest absolute Gasteiger partial charge is 0.497 e. The molecule has 0 aliphatic rings. The number of fused-ring (bicyclic) bond motifs is 1. The lowest BCUT2D eigenvalue weighted by molar-refractivity contribution is 0.102. The molecule has 0 saturated heterocycles. The average molecular weight is 388 g/mol. The molecule has 1 aromatic heterocycles. The molecule has 0 aliphatic carbocycles. The maximum Gasteiger partial charge on any atom is 0.255 e. The topological polar surface area (TPSA) is 73.6 Å². The molecule has 1 N–H and O–H groups in total. The first-order valence-electron chi connectivity index (χ1n) is 9.08. The molecule has 1 amide bonds. The lowest BCUT2D eigenvalue weighted by Gasteiger charge is -2.09. The molecule has 0 radical (unpaired) electrons. The number of aromatic nitrogens is 1. The van der Waals surface area contributed by atoms with E-state index in [1.54, 1.807) is 50.6 Å². The summed E-state index contributed by atoms with van der Waals surface area (Å²) >= 11 is 0. The third-order valence-corrected chi connectivity index (χ3v) is 4.52. The Morgan fingerprint density at radius 2 is 1.72 bits per heavy atom. The molecular weight excluding hydrogens is 368 g/mol. The van der Waals surface area contributed by atoms with Gasteiger partial charge in [-0.3, -0.25) is 4.79 Å². The normalized spacial score (nSPS) is 10.7. The van der Waals surface area contributed by atoms with Gasteiger partial charge in [0.25, 0.3) is 5.91 Å². The first-order chi connectivity index (χ1) is 14.1. The van der Waals surface area contributed by atoms with E-state index >= 15 is 0 Å². The Hall–Kier alpha value is -3.80. The van der Waals surface area contributed by atoms with E-state index < -0.39 is 0 Å². The van der Waals surface area contributed by atoms with E-state index in [1.807, 2.05) is 31.2 Å². The summed E-state index contributed by atoms with van der Waals surface area (Å²) in [5, 5.41) is 2.88. The summed E-state index contributed by atoms with van der Waals surface area (Å²) in [5.41, 5.74) is 4.42. The standard InChI is InChI=1S/C23H20N2O4/c1-14-5-4-6-15(9-14)23-25-20-12-17(7-8-21(20)29-23)24-22(26)16-10-18(27-2)13-19(11-16)28-3/h4-13H,1-3H3,(H,24,26). The van der Waals surface area contributed by atoms with Crippen LogP contribution >= 0.6 is 0 Å². The van der Waals surface area contributed by atoms with Crippen molar-refractivity contribution in [3.8, 4) is 23.0 Å². The van der Waals surface area contributed by atoms with E-state index in [0.717, 1.165) is 11.1 Å². The van der Waals surface area contributed by atoms with Crippen LogP contribution in [0.15, 0.2) is 65.1 Å². The van der Waals surface area contributed by atoms with Crippen LogP contribution in [0.1, 0.15) is 15.9 Å². The number of nitrogens with zero attached hydrogens (tertiary/aromatic N) is 1. The van der Waals surface area contributed by atoms with Gasteiger partial charge in [-0.2, -0.15) is 0 Å². The summed E-state index contributed by atoms with van der Waals surface area (Å²) in [6.07, 6.45) is 0. The van der Waals surface area contributed by atoms with Gasteiger partial charge in [0, 0.05) is 22.9 Å². The van der Waals surface area contributed by atoms with E-state index in [4.69, 9.17) is 13.9 Å². The first kappa shape index (κ1) is 18.6. The van der Waals surface area contributed by atoms with Crippen molar-refractivity contribution in [2.75, 3.05) is 19.5 Å². The Morgan fingerprint density at radius 1 is 0.966 bits per heavy atom. The minimum Gasteiger partial charge on any atom is -0.497 e. The van der Waals surface area contributed by atoms with Gasteiger partial charge in [0.2, 0.25) is 5.89 Å². The van der Waals surface area contributed by atoms with Crippen LogP contribution in [-0.4, -0.2) is 25.1 Å². The van der Waals surface area contributed by atoms with Crippen LogP contribution in [0.2, 0.25) is 0 Å². The van der Waals surface area contributed by atoms with Crippen molar-refractivity contribution in [3.05, 3.63) is 71.8 Å². The second-order valence-corrected chi connectivity index (χ2v) is 6.63. The fourth-order valence-corrected chi connectivity index (χ4v) is 3.05. The molecule has 4 aromatic rings. The zero-order valence-corrected chi connectivity index (χ0v) is 16.4. The number of benzene rings is 3. The molecule has 0 saturated carbocycles. The highest BCUT2D eigenvalue weighted by atomic mass is 16.5. The SMILES string of the molecule is COc1cc(OC)cc(C(=O)Nc2ccc3oc(-c4cccc(C)c4)nc3c2)c1. The fraction of sp³-hybridized carbons (Fsp3) is 0.130. The summed E-state index contributed by atoms with van der Waals surface area (Å²) in [6.45, 7) is 2.02. The number of methoxy groups -OCH3 is 2. The summed E-state index contributed by atoms with van der Waals surface area (Å²) in [7, 11) is 3.08. The molecule has 6 nitrogen and oxygen atoms in total. The maximum absolute atomic E-state index is 12.7. The van der Waals surface area contributed by atoms with Crippen LogP contribution in [0.25, 0.3) is 22.6 Å². The quantitative estimate of drug-likeness (QED) is 0.516. The minimum atomic E-state index is -0.274. The van der Waals surface area contributed by atoms with Crippen molar-refractivity contribution in [3.63, 3.8) is 0 Å². The number of ether oxygens (including phenoxy) is 2. The molecule has 3 aromatic carbocycles. The Kier molecular flexibility index (Phi) is 4.91. The third kappa shape index (κ3) is 3.91. The Labute approximate surface area is 168 Å². The van der Waals surface area contributed by atoms with Gasteiger partial charge in [0.05, 0.1) is 14.2 Å². The molecule has 4 rings (SSSR count). The fourth-order valence-electron chi connectivity index (χ4n) is 3.05. The van der Waals surface area contributed by atoms with E-state index in [1.165, 1.54) is 0 Å². The summed E-state index contributed by atoms with van der Waals surface area (Å²) < 4.78 is 16.3. The van der Waals surface area contributed by atoms with Gasteiger partial charge >= 0.3 is 0 Å². The Bertz CT molecular complexity index is 1170. The van der Waals surface area contributed by atoms with Crippen molar-refractivity contribution in [2.45, 2.75) is 6.92 Å². The van der Waals surface area contributed by atoms with E-state index in [-0.39, 0.29) is 5.91 Å². The van der Waals surface area contributed by atoms with Gasteiger partial charge in [0.15, 0.2) is 5.58 Å². The van der Waals surface area contributed by atoms with Crippen LogP contribution in [0.5, 0.6) is 11.5 Å². The van der Waals surface area contributed by atoms with E-state index in [9.17, 15) is 4.79 Å². The second kappa shape index (κ2) is 7.67. The zero-order chi connectivity index (χ0) is 20.4. The van der Waals surface area contributed by atoms with Gasteiger partial charge in [-0.1, -0.05) is 17.7 Å². The highest BCUT2D eigenvalue weighted by Gasteiger charge is 2.13. The molecule has 0 bridgehead atoms. The van der Waals surface area contributed by atoms with Crippen LogP contribution < -0.4 is 14.8 Å². The van der Waals surface area contributed by atoms with E-state index in [0.29, 0.717) is 39.7 Å². The van der Waals surface area contributed by atoms with Crippen LogP contribution in [0, 0.1) is 6.92 Å². The highest BCUT2D eigenvalue weighted by Crippen LogP contribution is 2.27. The van der Waals surface area contributed by atoms with Crippen molar-refractivity contribution in [1.82, 2.24) is 4.98 Å². The van der Waals surface area contributed by atoms with Crippen molar-refractivity contribution < 1.29 is 18.7 Å². The van der Waals surface area contributed by atoms with Gasteiger partial charge < -0.3 is 19.2 Å². The predicted molar refractivity (Wildman–Crippen MR) is 112 cm³/mol. The number of rotatable bonds is 5. The molecule has 29 heavy (non-hydrogen) atoms. The number of carbonyl (C=O) groups is 1. The van der Waals surface area contributed by atoms with Crippen molar-refractivity contribution >= 4 is 22.7 Å². The summed E-state index contributed by atoms with van der Waals surface area (Å²) in [6, 6.07) is 18.3. The minimum absolute atomic E-state index is 0.274. The van der Waals surface area contributed by atoms with Gasteiger partial charge in [0.1, 0.15) is 17.0 Å². The molecule has 0 spiro atoms. The number of hydrogen-bond donors (Lipinski definition) is 1. The van der Waals surface area contributed by atoms with E-state index in [2.05, 4.69) is 10.3 Å². The van der Waals surface area contributed by atoms with Crippen LogP contribution in [-0.2, 0) is 0 Å². The predicted octanol–water partition coefficient (Wildman–Crippen LogP) is 5.07.